The van der Waals surface area contributed by atoms with Gasteiger partial charge in [0.25, 0.3) is 0 Å². The molecule has 1 fully saturated rings. The number of anilines is 2. The minimum absolute atomic E-state index is 0.0286. The van der Waals surface area contributed by atoms with Crippen molar-refractivity contribution in [3.05, 3.63) is 71.8 Å². The fraction of sp³-hybridized carbons (Fsp3) is 0.227. The number of hydrogen-bond donors (Lipinski definition) is 1. The Morgan fingerprint density at radius 2 is 1.79 bits per heavy atom. The minimum Gasteiger partial charge on any atom is -0.354 e. The Bertz CT molecular complexity index is 929. The molecule has 0 spiro atoms. The summed E-state index contributed by atoms with van der Waals surface area (Å²) in [5, 5.41) is 12.4. The molecule has 1 aliphatic heterocycles. The maximum atomic E-state index is 12.7. The Morgan fingerprint density at radius 1 is 1.00 bits per heavy atom. The van der Waals surface area contributed by atoms with Crippen LogP contribution in [0.1, 0.15) is 12.8 Å². The summed E-state index contributed by atoms with van der Waals surface area (Å²) in [7, 11) is 0. The van der Waals surface area contributed by atoms with Gasteiger partial charge in [0.1, 0.15) is 0 Å². The maximum absolute atomic E-state index is 12.7. The van der Waals surface area contributed by atoms with Gasteiger partial charge in [-0.3, -0.25) is 4.79 Å². The number of carbonyl (C=O) groups is 1. The molecule has 5 nitrogen and oxygen atoms in total. The molecule has 1 atom stereocenters. The summed E-state index contributed by atoms with van der Waals surface area (Å²) in [6.45, 7) is 1.52. The Kier molecular flexibility index (Phi) is 5.53. The smallest absolute Gasteiger partial charge is 0.229 e. The van der Waals surface area contributed by atoms with Crippen molar-refractivity contribution in [1.29, 1.82) is 0 Å². The van der Waals surface area contributed by atoms with E-state index in [-0.39, 0.29) is 11.8 Å². The van der Waals surface area contributed by atoms with Crippen LogP contribution in [0.15, 0.2) is 66.7 Å². The molecule has 4 rings (SSSR count). The van der Waals surface area contributed by atoms with Gasteiger partial charge in [0.15, 0.2) is 5.82 Å². The lowest BCUT2D eigenvalue weighted by atomic mass is 9.97. The van der Waals surface area contributed by atoms with Crippen molar-refractivity contribution in [1.82, 2.24) is 10.2 Å². The predicted molar refractivity (Wildman–Crippen MR) is 112 cm³/mol. The van der Waals surface area contributed by atoms with Gasteiger partial charge in [-0.05, 0) is 49.2 Å². The van der Waals surface area contributed by atoms with E-state index >= 15 is 0 Å². The van der Waals surface area contributed by atoms with Gasteiger partial charge < -0.3 is 10.2 Å². The van der Waals surface area contributed by atoms with Gasteiger partial charge in [-0.2, -0.15) is 0 Å². The van der Waals surface area contributed by atoms with Gasteiger partial charge in [-0.15, -0.1) is 10.2 Å². The number of piperidine rings is 1. The standard InChI is InChI=1S/C22H21ClN4O/c23-18-8-10-19(11-9-18)24-22(28)17-7-4-14-27(15-17)21-13-12-20(25-26-21)16-5-2-1-3-6-16/h1-3,5-6,8-13,17H,4,7,14-15H2,(H,24,28). The predicted octanol–water partition coefficient (Wildman–Crippen LogP) is 4.65. The van der Waals surface area contributed by atoms with E-state index in [1.165, 1.54) is 0 Å². The lowest BCUT2D eigenvalue weighted by Gasteiger charge is -2.32. The highest BCUT2D eigenvalue weighted by molar-refractivity contribution is 6.30. The molecule has 0 bridgehead atoms. The second-order valence-corrected chi connectivity index (χ2v) is 7.36. The fourth-order valence-electron chi connectivity index (χ4n) is 3.43. The van der Waals surface area contributed by atoms with Crippen LogP contribution in [0, 0.1) is 5.92 Å². The molecule has 6 heteroatoms. The van der Waals surface area contributed by atoms with E-state index in [9.17, 15) is 4.79 Å². The van der Waals surface area contributed by atoms with Crippen LogP contribution in [-0.2, 0) is 4.79 Å². The highest BCUT2D eigenvalue weighted by Crippen LogP contribution is 2.24. The lowest BCUT2D eigenvalue weighted by molar-refractivity contribution is -0.120. The summed E-state index contributed by atoms with van der Waals surface area (Å²) in [4.78, 5) is 14.8. The van der Waals surface area contributed by atoms with Crippen LogP contribution in [0.4, 0.5) is 11.5 Å². The average molecular weight is 393 g/mol. The van der Waals surface area contributed by atoms with Crippen molar-refractivity contribution in [3.63, 3.8) is 0 Å². The first-order valence-electron chi connectivity index (χ1n) is 9.39. The first-order chi connectivity index (χ1) is 13.7. The van der Waals surface area contributed by atoms with Crippen LogP contribution >= 0.6 is 11.6 Å². The molecule has 1 amide bonds. The van der Waals surface area contributed by atoms with E-state index in [0.29, 0.717) is 11.6 Å². The molecule has 3 aromatic rings. The number of carbonyl (C=O) groups excluding carboxylic acids is 1. The SMILES string of the molecule is O=C(Nc1ccc(Cl)cc1)C1CCCN(c2ccc(-c3ccccc3)nn2)C1. The number of amides is 1. The van der Waals surface area contributed by atoms with Gasteiger partial charge in [0, 0.05) is 29.4 Å². The number of benzene rings is 2. The fourth-order valence-corrected chi connectivity index (χ4v) is 3.56. The first-order valence-corrected chi connectivity index (χ1v) is 9.77. The second-order valence-electron chi connectivity index (χ2n) is 6.92. The third-order valence-corrected chi connectivity index (χ3v) is 5.20. The topological polar surface area (TPSA) is 58.1 Å². The first kappa shape index (κ1) is 18.4. The largest absolute Gasteiger partial charge is 0.354 e. The quantitative estimate of drug-likeness (QED) is 0.702. The molecule has 1 unspecified atom stereocenters. The van der Waals surface area contributed by atoms with Crippen molar-refractivity contribution >= 4 is 29.0 Å². The number of halogens is 1. The van der Waals surface area contributed by atoms with Crippen molar-refractivity contribution in [2.45, 2.75) is 12.8 Å². The Hall–Kier alpha value is -2.92. The van der Waals surface area contributed by atoms with Gasteiger partial charge >= 0.3 is 0 Å². The van der Waals surface area contributed by atoms with Gasteiger partial charge in [0.2, 0.25) is 5.91 Å². The number of hydrogen-bond acceptors (Lipinski definition) is 4. The summed E-state index contributed by atoms with van der Waals surface area (Å²) in [6.07, 6.45) is 1.81. The van der Waals surface area contributed by atoms with Crippen LogP contribution in [0.25, 0.3) is 11.3 Å². The van der Waals surface area contributed by atoms with Gasteiger partial charge in [-0.1, -0.05) is 41.9 Å². The molecule has 1 N–H and O–H groups in total. The van der Waals surface area contributed by atoms with E-state index in [4.69, 9.17) is 11.6 Å². The van der Waals surface area contributed by atoms with Crippen molar-refractivity contribution in [2.24, 2.45) is 5.92 Å². The van der Waals surface area contributed by atoms with Crippen LogP contribution in [0.3, 0.4) is 0 Å². The number of rotatable bonds is 4. The summed E-state index contributed by atoms with van der Waals surface area (Å²) < 4.78 is 0. The monoisotopic (exact) mass is 392 g/mol. The highest BCUT2D eigenvalue weighted by atomic mass is 35.5. The summed E-state index contributed by atoms with van der Waals surface area (Å²) in [5.74, 6) is 0.754. The van der Waals surface area contributed by atoms with Crippen molar-refractivity contribution in [2.75, 3.05) is 23.3 Å². The van der Waals surface area contributed by atoms with Crippen LogP contribution < -0.4 is 10.2 Å². The molecule has 142 valence electrons. The summed E-state index contributed by atoms with van der Waals surface area (Å²) in [5.41, 5.74) is 2.65. The number of aromatic nitrogens is 2. The van der Waals surface area contributed by atoms with Crippen LogP contribution in [0.2, 0.25) is 5.02 Å². The van der Waals surface area contributed by atoms with E-state index < -0.39 is 0 Å². The van der Waals surface area contributed by atoms with E-state index in [1.807, 2.05) is 54.6 Å². The molecule has 0 aliphatic carbocycles. The highest BCUT2D eigenvalue weighted by Gasteiger charge is 2.26. The van der Waals surface area contributed by atoms with Gasteiger partial charge in [-0.25, -0.2) is 0 Å². The van der Waals surface area contributed by atoms with Crippen molar-refractivity contribution < 1.29 is 4.79 Å². The second kappa shape index (κ2) is 8.40. The zero-order valence-electron chi connectivity index (χ0n) is 15.4. The third-order valence-electron chi connectivity index (χ3n) is 4.95. The maximum Gasteiger partial charge on any atom is 0.229 e. The zero-order valence-corrected chi connectivity index (χ0v) is 16.1. The average Bonchev–Trinajstić information content (AvgIpc) is 2.76. The molecular weight excluding hydrogens is 372 g/mol. The Balaban J connectivity index is 1.42. The van der Waals surface area contributed by atoms with E-state index in [1.54, 1.807) is 12.1 Å². The van der Waals surface area contributed by atoms with Crippen LogP contribution in [0.5, 0.6) is 0 Å². The molecule has 1 aliphatic rings. The molecule has 1 saturated heterocycles. The van der Waals surface area contributed by atoms with Crippen LogP contribution in [-0.4, -0.2) is 29.2 Å². The molecular formula is C22H21ClN4O. The number of nitrogens with one attached hydrogen (secondary N) is 1. The zero-order chi connectivity index (χ0) is 19.3. The van der Waals surface area contributed by atoms with Crippen molar-refractivity contribution in [3.8, 4) is 11.3 Å². The third kappa shape index (κ3) is 4.31. The molecule has 2 heterocycles. The normalized spacial score (nSPS) is 16.6. The Morgan fingerprint density at radius 3 is 2.50 bits per heavy atom. The lowest BCUT2D eigenvalue weighted by Crippen LogP contribution is -2.41. The molecule has 28 heavy (non-hydrogen) atoms. The summed E-state index contributed by atoms with van der Waals surface area (Å²) >= 11 is 5.90. The van der Waals surface area contributed by atoms with Gasteiger partial charge in [0.05, 0.1) is 11.6 Å². The molecule has 2 aromatic carbocycles. The van der Waals surface area contributed by atoms with E-state index in [2.05, 4.69) is 20.4 Å². The minimum atomic E-state index is -0.0833. The number of nitrogens with zero attached hydrogens (tertiary/aromatic N) is 3. The summed E-state index contributed by atoms with van der Waals surface area (Å²) in [6, 6.07) is 21.1. The Labute approximate surface area is 169 Å². The van der Waals surface area contributed by atoms with E-state index in [0.717, 1.165) is 42.1 Å². The molecule has 0 radical (unpaired) electrons. The molecule has 0 saturated carbocycles. The molecule has 1 aromatic heterocycles.